The molecule has 4 heteroatoms. The molecule has 0 aliphatic carbocycles. The minimum absolute atomic E-state index is 0.895. The van der Waals surface area contributed by atoms with Gasteiger partial charge in [-0.2, -0.15) is 15.5 Å². The lowest BCUT2D eigenvalue weighted by molar-refractivity contribution is 0.968. The molecule has 0 saturated heterocycles. The van der Waals surface area contributed by atoms with E-state index in [4.69, 9.17) is 5.26 Å². The lowest BCUT2D eigenvalue weighted by Crippen LogP contribution is -1.93. The van der Waals surface area contributed by atoms with Gasteiger partial charge in [-0.3, -0.25) is 0 Å². The molecule has 1 heterocycles. The average molecular weight is 393 g/mol. The van der Waals surface area contributed by atoms with Crippen LogP contribution in [0.15, 0.2) is 95.3 Å². The van der Waals surface area contributed by atoms with Crippen molar-refractivity contribution in [2.24, 2.45) is 17.3 Å². The molecule has 0 atom stereocenters. The predicted octanol–water partition coefficient (Wildman–Crippen LogP) is 6.22. The first kappa shape index (κ1) is 20.8. The molecule has 0 fully saturated rings. The summed E-state index contributed by atoms with van der Waals surface area (Å²) in [7, 11) is 2.04. The number of benzene rings is 3. The number of hydrogen-bond acceptors (Lipinski definition) is 3. The number of hydrogen-bond donors (Lipinski definition) is 0. The zero-order valence-corrected chi connectivity index (χ0v) is 17.4. The molecular weight excluding hydrogens is 368 g/mol. The van der Waals surface area contributed by atoms with E-state index in [9.17, 15) is 0 Å². The Labute approximate surface area is 177 Å². The quantitative estimate of drug-likeness (QED) is 0.300. The van der Waals surface area contributed by atoms with Crippen molar-refractivity contribution in [3.63, 3.8) is 0 Å². The highest BCUT2D eigenvalue weighted by Crippen LogP contribution is 2.20. The first-order valence-corrected chi connectivity index (χ1v) is 9.72. The highest BCUT2D eigenvalue weighted by Gasteiger charge is 2.03. The van der Waals surface area contributed by atoms with Crippen molar-refractivity contribution in [3.05, 3.63) is 96.2 Å². The third-order valence-corrected chi connectivity index (χ3v) is 4.74. The van der Waals surface area contributed by atoms with Crippen LogP contribution >= 0.6 is 0 Å². The number of aromatic nitrogens is 1. The Balaban J connectivity index is 0.000000806. The molecule has 0 saturated carbocycles. The van der Waals surface area contributed by atoms with Gasteiger partial charge in [0.15, 0.2) is 0 Å². The van der Waals surface area contributed by atoms with Crippen molar-refractivity contribution in [2.75, 3.05) is 0 Å². The second kappa shape index (κ2) is 9.99. The monoisotopic (exact) mass is 392 g/mol. The summed E-state index contributed by atoms with van der Waals surface area (Å²) < 4.78 is 2.11. The smallest absolute Gasteiger partial charge is 0.0671 e. The Morgan fingerprint density at radius 2 is 1.50 bits per heavy atom. The summed E-state index contributed by atoms with van der Waals surface area (Å²) >= 11 is 0. The van der Waals surface area contributed by atoms with Gasteiger partial charge in [0.05, 0.1) is 18.0 Å². The standard InChI is InChI=1S/C24H21N3.C2H3N/c1-18(19-12-14-21(15-13-19)20-8-4-3-5-9-20)26-25-16-22-17-27(2)24-11-7-6-10-23(22)24;1-2-3/h3-17H,1-2H3;1H3/b25-16+,26-18+;. The maximum absolute atomic E-state index is 7.32. The first-order chi connectivity index (χ1) is 14.6. The average Bonchev–Trinajstić information content (AvgIpc) is 3.11. The maximum Gasteiger partial charge on any atom is 0.0671 e. The zero-order valence-electron chi connectivity index (χ0n) is 17.4. The van der Waals surface area contributed by atoms with E-state index >= 15 is 0 Å². The number of rotatable bonds is 4. The molecule has 0 N–H and O–H groups in total. The predicted molar refractivity (Wildman–Crippen MR) is 126 cm³/mol. The molecule has 0 bridgehead atoms. The summed E-state index contributed by atoms with van der Waals surface area (Å²) in [6.45, 7) is 3.41. The summed E-state index contributed by atoms with van der Waals surface area (Å²) in [4.78, 5) is 0. The number of nitriles is 1. The molecule has 0 aliphatic rings. The molecule has 4 rings (SSSR count). The van der Waals surface area contributed by atoms with E-state index in [0.29, 0.717) is 0 Å². The van der Waals surface area contributed by atoms with Gasteiger partial charge in [0, 0.05) is 36.6 Å². The van der Waals surface area contributed by atoms with E-state index in [1.165, 1.54) is 29.0 Å². The van der Waals surface area contributed by atoms with Crippen LogP contribution in [-0.2, 0) is 7.05 Å². The number of fused-ring (bicyclic) bond motifs is 1. The Kier molecular flexibility index (Phi) is 6.91. The summed E-state index contributed by atoms with van der Waals surface area (Å²) in [6.07, 6.45) is 3.90. The normalized spacial score (nSPS) is 11.2. The highest BCUT2D eigenvalue weighted by molar-refractivity contribution is 6.01. The molecule has 30 heavy (non-hydrogen) atoms. The molecule has 0 aliphatic heterocycles. The lowest BCUT2D eigenvalue weighted by Gasteiger charge is -2.03. The highest BCUT2D eigenvalue weighted by atomic mass is 15.2. The molecule has 3 aromatic carbocycles. The molecule has 0 radical (unpaired) electrons. The zero-order chi connectivity index (χ0) is 21.3. The fourth-order valence-electron chi connectivity index (χ4n) is 3.25. The largest absolute Gasteiger partial charge is 0.350 e. The van der Waals surface area contributed by atoms with Crippen molar-refractivity contribution in [2.45, 2.75) is 13.8 Å². The van der Waals surface area contributed by atoms with Crippen molar-refractivity contribution in [1.29, 1.82) is 5.26 Å². The third-order valence-electron chi connectivity index (χ3n) is 4.74. The van der Waals surface area contributed by atoms with Crippen LogP contribution in [-0.4, -0.2) is 16.5 Å². The van der Waals surface area contributed by atoms with Gasteiger partial charge in [-0.25, -0.2) is 0 Å². The van der Waals surface area contributed by atoms with Crippen molar-refractivity contribution in [1.82, 2.24) is 4.57 Å². The Morgan fingerprint density at radius 3 is 2.20 bits per heavy atom. The van der Waals surface area contributed by atoms with Gasteiger partial charge < -0.3 is 4.57 Å². The van der Waals surface area contributed by atoms with Crippen LogP contribution in [0.4, 0.5) is 0 Å². The minimum Gasteiger partial charge on any atom is -0.350 e. The van der Waals surface area contributed by atoms with Gasteiger partial charge >= 0.3 is 0 Å². The van der Waals surface area contributed by atoms with Gasteiger partial charge in [-0.1, -0.05) is 72.8 Å². The molecule has 148 valence electrons. The van der Waals surface area contributed by atoms with Crippen LogP contribution in [0.5, 0.6) is 0 Å². The molecule has 0 amide bonds. The second-order valence-electron chi connectivity index (χ2n) is 6.81. The van der Waals surface area contributed by atoms with Crippen molar-refractivity contribution >= 4 is 22.8 Å². The SMILES string of the molecule is C/C(=N\N=C\c1cn(C)c2ccccc12)c1ccc(-c2ccccc2)cc1.CC#N. The fraction of sp³-hybridized carbons (Fsp3) is 0.115. The van der Waals surface area contributed by atoms with Crippen LogP contribution in [0, 0.1) is 11.3 Å². The van der Waals surface area contributed by atoms with Crippen molar-refractivity contribution < 1.29 is 0 Å². The van der Waals surface area contributed by atoms with Gasteiger partial charge in [-0.05, 0) is 29.7 Å². The molecule has 4 nitrogen and oxygen atoms in total. The second-order valence-corrected chi connectivity index (χ2v) is 6.81. The topological polar surface area (TPSA) is 53.4 Å². The Bertz CT molecular complexity index is 1210. The summed E-state index contributed by atoms with van der Waals surface area (Å²) in [5, 5.41) is 17.2. The van der Waals surface area contributed by atoms with E-state index in [-0.39, 0.29) is 0 Å². The van der Waals surface area contributed by atoms with Gasteiger partial charge in [0.1, 0.15) is 0 Å². The lowest BCUT2D eigenvalue weighted by atomic mass is 10.0. The molecule has 0 unspecified atom stereocenters. The van der Waals surface area contributed by atoms with Crippen LogP contribution < -0.4 is 0 Å². The van der Waals surface area contributed by atoms with Gasteiger partial charge in [0.2, 0.25) is 0 Å². The van der Waals surface area contributed by atoms with E-state index in [1.54, 1.807) is 6.07 Å². The fourth-order valence-corrected chi connectivity index (χ4v) is 3.25. The molecule has 1 aromatic heterocycles. The van der Waals surface area contributed by atoms with Gasteiger partial charge in [-0.15, -0.1) is 0 Å². The third kappa shape index (κ3) is 4.89. The minimum atomic E-state index is 0.895. The molecule has 0 spiro atoms. The number of nitrogens with zero attached hydrogens (tertiary/aromatic N) is 4. The maximum atomic E-state index is 7.32. The molecule has 4 aromatic rings. The summed E-state index contributed by atoms with van der Waals surface area (Å²) in [5.41, 5.74) is 6.65. The molecular formula is C26H24N4. The van der Waals surface area contributed by atoms with Crippen LogP contribution in [0.25, 0.3) is 22.0 Å². The number of aryl methyl sites for hydroxylation is 1. The Hall–Kier alpha value is -3.97. The Morgan fingerprint density at radius 1 is 0.900 bits per heavy atom. The summed E-state index contributed by atoms with van der Waals surface area (Å²) in [6, 6.07) is 28.9. The van der Waals surface area contributed by atoms with E-state index < -0.39 is 0 Å². The van der Waals surface area contributed by atoms with Crippen molar-refractivity contribution in [3.8, 4) is 17.2 Å². The van der Waals surface area contributed by atoms with Gasteiger partial charge in [0.25, 0.3) is 0 Å². The van der Waals surface area contributed by atoms with Crippen LogP contribution in [0.3, 0.4) is 0 Å². The van der Waals surface area contributed by atoms with E-state index in [2.05, 4.69) is 81.6 Å². The van der Waals surface area contributed by atoms with Crippen LogP contribution in [0.2, 0.25) is 0 Å². The summed E-state index contributed by atoms with van der Waals surface area (Å²) in [5.74, 6) is 0. The van der Waals surface area contributed by atoms with E-state index in [0.717, 1.165) is 16.8 Å². The number of para-hydroxylation sites is 1. The van der Waals surface area contributed by atoms with Crippen LogP contribution in [0.1, 0.15) is 25.0 Å². The first-order valence-electron chi connectivity index (χ1n) is 9.72. The van der Waals surface area contributed by atoms with E-state index in [1.807, 2.05) is 38.4 Å².